The highest BCUT2D eigenvalue weighted by atomic mass is 16.5. The van der Waals surface area contributed by atoms with Gasteiger partial charge in [0.05, 0.1) is 13.7 Å². The molecule has 0 aliphatic heterocycles. The number of ether oxygens (including phenoxy) is 2. The number of anilines is 1. The molecule has 3 N–H and O–H groups in total. The van der Waals surface area contributed by atoms with Crippen molar-refractivity contribution in [1.29, 1.82) is 0 Å². The van der Waals surface area contributed by atoms with Crippen LogP contribution in [0.3, 0.4) is 0 Å². The highest BCUT2D eigenvalue weighted by Crippen LogP contribution is 2.31. The zero-order valence-corrected chi connectivity index (χ0v) is 11.8. The van der Waals surface area contributed by atoms with Crippen molar-refractivity contribution in [2.75, 3.05) is 19.5 Å². The van der Waals surface area contributed by atoms with E-state index in [9.17, 15) is 9.59 Å². The number of methoxy groups -OCH3 is 1. The average molecular weight is 288 g/mol. The molecule has 0 aliphatic carbocycles. The molecule has 1 aromatic heterocycles. The van der Waals surface area contributed by atoms with Crippen molar-refractivity contribution < 1.29 is 14.3 Å². The van der Waals surface area contributed by atoms with Crippen LogP contribution in [-0.2, 0) is 4.74 Å². The fourth-order valence-electron chi connectivity index (χ4n) is 1.99. The summed E-state index contributed by atoms with van der Waals surface area (Å²) < 4.78 is 10.2. The van der Waals surface area contributed by atoms with Gasteiger partial charge in [-0.05, 0) is 24.6 Å². The van der Waals surface area contributed by atoms with Gasteiger partial charge in [0.25, 0.3) is 5.56 Å². The predicted octanol–water partition coefficient (Wildman–Crippen LogP) is 1.81. The molecule has 0 aliphatic rings. The number of nitrogens with two attached hydrogens (primary N) is 1. The van der Waals surface area contributed by atoms with E-state index in [-0.39, 0.29) is 17.9 Å². The second-order valence-electron chi connectivity index (χ2n) is 4.28. The lowest BCUT2D eigenvalue weighted by Gasteiger charge is -2.12. The molecule has 0 bridgehead atoms. The zero-order valence-electron chi connectivity index (χ0n) is 11.8. The van der Waals surface area contributed by atoms with Crippen molar-refractivity contribution in [3.63, 3.8) is 0 Å². The molecule has 0 atom stereocenters. The van der Waals surface area contributed by atoms with Gasteiger partial charge in [0, 0.05) is 17.4 Å². The van der Waals surface area contributed by atoms with E-state index in [0.29, 0.717) is 11.3 Å². The predicted molar refractivity (Wildman–Crippen MR) is 79.4 cm³/mol. The largest absolute Gasteiger partial charge is 0.495 e. The number of nitrogens with one attached hydrogen (secondary N) is 1. The first-order chi connectivity index (χ1) is 10.1. The van der Waals surface area contributed by atoms with Crippen LogP contribution in [0.1, 0.15) is 17.3 Å². The topological polar surface area (TPSA) is 94.4 Å². The summed E-state index contributed by atoms with van der Waals surface area (Å²) in [5.41, 5.74) is 6.93. The summed E-state index contributed by atoms with van der Waals surface area (Å²) in [6.45, 7) is 1.84. The minimum atomic E-state index is -0.715. The number of pyridine rings is 1. The minimum Gasteiger partial charge on any atom is -0.495 e. The van der Waals surface area contributed by atoms with Gasteiger partial charge in [-0.1, -0.05) is 12.1 Å². The summed E-state index contributed by atoms with van der Waals surface area (Å²) in [5, 5.41) is 0. The molecular formula is C15H16N2O4. The Morgan fingerprint density at radius 1 is 1.29 bits per heavy atom. The number of hydrogen-bond acceptors (Lipinski definition) is 5. The smallest absolute Gasteiger partial charge is 0.347 e. The number of carbonyl (C=O) groups is 1. The van der Waals surface area contributed by atoms with Crippen LogP contribution < -0.4 is 16.0 Å². The van der Waals surface area contributed by atoms with Crippen molar-refractivity contribution in [1.82, 2.24) is 4.98 Å². The molecule has 6 nitrogen and oxygen atoms in total. The third-order valence-electron chi connectivity index (χ3n) is 2.95. The van der Waals surface area contributed by atoms with Crippen molar-refractivity contribution in [2.24, 2.45) is 0 Å². The Morgan fingerprint density at radius 2 is 1.95 bits per heavy atom. The minimum absolute atomic E-state index is 0.145. The summed E-state index contributed by atoms with van der Waals surface area (Å²) in [5.74, 6) is -0.533. The number of H-pyrrole nitrogens is 1. The van der Waals surface area contributed by atoms with Gasteiger partial charge in [0.15, 0.2) is 5.56 Å². The van der Waals surface area contributed by atoms with Crippen LogP contribution in [0.5, 0.6) is 5.75 Å². The fraction of sp³-hybridized carbons (Fsp3) is 0.200. The molecule has 0 amide bonds. The molecule has 0 fully saturated rings. The third-order valence-corrected chi connectivity index (χ3v) is 2.95. The molecule has 1 heterocycles. The Bertz CT molecular complexity index is 705. The van der Waals surface area contributed by atoms with Gasteiger partial charge < -0.3 is 20.2 Å². The highest BCUT2D eigenvalue weighted by molar-refractivity contribution is 5.95. The number of carbonyl (C=O) groups excluding carboxylic acids is 1. The molecule has 110 valence electrons. The normalized spacial score (nSPS) is 10.2. The number of aromatic amines is 1. The van der Waals surface area contributed by atoms with Crippen LogP contribution >= 0.6 is 0 Å². The summed E-state index contributed by atoms with van der Waals surface area (Å²) >= 11 is 0. The maximum absolute atomic E-state index is 11.9. The second kappa shape index (κ2) is 6.13. The van der Waals surface area contributed by atoms with Crippen LogP contribution in [0.2, 0.25) is 0 Å². The summed E-state index contributed by atoms with van der Waals surface area (Å²) in [7, 11) is 1.40. The standard InChI is InChI=1S/C15H16N2O4/c1-3-21-15(19)12-13(20-2)11(8-17-14(12)18)9-4-6-10(16)7-5-9/h4-8H,3,16H2,1-2H3,(H,17,18). The zero-order chi connectivity index (χ0) is 15.4. The van der Waals surface area contributed by atoms with Crippen LogP contribution in [-0.4, -0.2) is 24.7 Å². The average Bonchev–Trinajstić information content (AvgIpc) is 2.48. The fourth-order valence-corrected chi connectivity index (χ4v) is 1.99. The van der Waals surface area contributed by atoms with Crippen molar-refractivity contribution in [3.8, 4) is 16.9 Å². The molecule has 0 saturated carbocycles. The van der Waals surface area contributed by atoms with E-state index in [1.54, 1.807) is 31.2 Å². The number of nitrogen functional groups attached to an aromatic ring is 1. The van der Waals surface area contributed by atoms with Gasteiger partial charge in [0.2, 0.25) is 0 Å². The molecule has 21 heavy (non-hydrogen) atoms. The summed E-state index contributed by atoms with van der Waals surface area (Å²) in [6, 6.07) is 7.01. The van der Waals surface area contributed by atoms with E-state index in [1.165, 1.54) is 13.3 Å². The molecule has 0 saturated heterocycles. The molecule has 6 heteroatoms. The first kappa shape index (κ1) is 14.6. The number of esters is 1. The summed E-state index contributed by atoms with van der Waals surface area (Å²) in [4.78, 5) is 26.4. The molecule has 0 unspecified atom stereocenters. The quantitative estimate of drug-likeness (QED) is 0.661. The van der Waals surface area contributed by atoms with E-state index in [1.807, 2.05) is 0 Å². The van der Waals surface area contributed by atoms with E-state index in [0.717, 1.165) is 5.56 Å². The van der Waals surface area contributed by atoms with E-state index < -0.39 is 11.5 Å². The first-order valence-electron chi connectivity index (χ1n) is 6.41. The maximum atomic E-state index is 11.9. The monoisotopic (exact) mass is 288 g/mol. The van der Waals surface area contributed by atoms with Crippen LogP contribution in [0.15, 0.2) is 35.3 Å². The molecule has 2 aromatic rings. The van der Waals surface area contributed by atoms with Crippen molar-refractivity contribution >= 4 is 11.7 Å². The van der Waals surface area contributed by atoms with Gasteiger partial charge in [-0.15, -0.1) is 0 Å². The first-order valence-corrected chi connectivity index (χ1v) is 6.41. The van der Waals surface area contributed by atoms with Crippen LogP contribution in [0.25, 0.3) is 11.1 Å². The molecule has 2 rings (SSSR count). The number of aromatic nitrogens is 1. The molecule has 1 aromatic carbocycles. The Kier molecular flexibility index (Phi) is 4.27. The molecule has 0 spiro atoms. The Labute approximate surface area is 121 Å². The van der Waals surface area contributed by atoms with Crippen LogP contribution in [0, 0.1) is 0 Å². The van der Waals surface area contributed by atoms with Crippen molar-refractivity contribution in [2.45, 2.75) is 6.92 Å². The SMILES string of the molecule is CCOC(=O)c1c(OC)c(-c2ccc(N)cc2)c[nH]c1=O. The Balaban J connectivity index is 2.63. The van der Waals surface area contributed by atoms with E-state index >= 15 is 0 Å². The number of rotatable bonds is 4. The van der Waals surface area contributed by atoms with Crippen LogP contribution in [0.4, 0.5) is 5.69 Å². The Morgan fingerprint density at radius 3 is 2.52 bits per heavy atom. The number of hydrogen-bond donors (Lipinski definition) is 2. The number of benzene rings is 1. The molecule has 0 radical (unpaired) electrons. The summed E-state index contributed by atoms with van der Waals surface area (Å²) in [6.07, 6.45) is 1.50. The van der Waals surface area contributed by atoms with Gasteiger partial charge in [0.1, 0.15) is 5.75 Å². The molecular weight excluding hydrogens is 272 g/mol. The van der Waals surface area contributed by atoms with E-state index in [4.69, 9.17) is 15.2 Å². The lowest BCUT2D eigenvalue weighted by molar-refractivity contribution is 0.0520. The second-order valence-corrected chi connectivity index (χ2v) is 4.28. The van der Waals surface area contributed by atoms with Gasteiger partial charge in [-0.25, -0.2) is 4.79 Å². The lowest BCUT2D eigenvalue weighted by Crippen LogP contribution is -2.21. The van der Waals surface area contributed by atoms with Gasteiger partial charge >= 0.3 is 5.97 Å². The lowest BCUT2D eigenvalue weighted by atomic mass is 10.0. The maximum Gasteiger partial charge on any atom is 0.347 e. The van der Waals surface area contributed by atoms with Gasteiger partial charge in [-0.3, -0.25) is 4.79 Å². The van der Waals surface area contributed by atoms with Gasteiger partial charge in [-0.2, -0.15) is 0 Å². The Hall–Kier alpha value is -2.76. The van der Waals surface area contributed by atoms with E-state index in [2.05, 4.69) is 4.98 Å². The highest BCUT2D eigenvalue weighted by Gasteiger charge is 2.22. The third kappa shape index (κ3) is 2.89. The van der Waals surface area contributed by atoms with Crippen molar-refractivity contribution in [3.05, 3.63) is 46.4 Å².